The Labute approximate surface area is 116 Å². The van der Waals surface area contributed by atoms with Crippen molar-refractivity contribution in [2.45, 2.75) is 77.3 Å². The summed E-state index contributed by atoms with van der Waals surface area (Å²) in [6.45, 7) is 5.26. The number of nitrogens with zero attached hydrogens (tertiary/aromatic N) is 3. The van der Waals surface area contributed by atoms with Crippen LogP contribution in [0.15, 0.2) is 6.33 Å². The number of rotatable bonds is 5. The molecule has 1 aliphatic carbocycles. The maximum Gasteiger partial charge on any atom is 0.138 e. The summed E-state index contributed by atoms with van der Waals surface area (Å²) < 4.78 is 1.98. The molecule has 1 fully saturated rings. The van der Waals surface area contributed by atoms with E-state index >= 15 is 0 Å². The Balaban J connectivity index is 1.98. The Morgan fingerprint density at radius 2 is 2.21 bits per heavy atom. The molecule has 2 atom stereocenters. The van der Waals surface area contributed by atoms with Gasteiger partial charge in [-0.3, -0.25) is 4.68 Å². The van der Waals surface area contributed by atoms with E-state index < -0.39 is 0 Å². The molecule has 1 heterocycles. The quantitative estimate of drug-likeness (QED) is 0.832. The van der Waals surface area contributed by atoms with Crippen molar-refractivity contribution in [3.63, 3.8) is 0 Å². The van der Waals surface area contributed by atoms with E-state index in [9.17, 15) is 0 Å². The molecule has 0 amide bonds. The van der Waals surface area contributed by atoms with E-state index in [-0.39, 0.29) is 5.54 Å². The van der Waals surface area contributed by atoms with E-state index in [2.05, 4.69) is 23.9 Å². The lowest BCUT2D eigenvalue weighted by Gasteiger charge is -2.27. The second-order valence-electron chi connectivity index (χ2n) is 6.12. The minimum atomic E-state index is -0.0670. The van der Waals surface area contributed by atoms with Gasteiger partial charge in [0.2, 0.25) is 0 Å². The van der Waals surface area contributed by atoms with Crippen molar-refractivity contribution in [3.8, 4) is 0 Å². The third-order valence-electron chi connectivity index (χ3n) is 4.54. The first-order valence-electron chi connectivity index (χ1n) is 7.82. The lowest BCUT2D eigenvalue weighted by molar-refractivity contribution is 0.343. The molecule has 1 aromatic heterocycles. The standard InChI is InChI=1S/C15H28N4/c1-3-6-13-7-5-9-15(16,10-8-13)11-14-17-12-18-19(14)4-2/h12-13H,3-11,16H2,1-2H3. The summed E-state index contributed by atoms with van der Waals surface area (Å²) in [5, 5.41) is 4.25. The molecule has 1 aromatic rings. The molecule has 4 heteroatoms. The van der Waals surface area contributed by atoms with Crippen molar-refractivity contribution in [3.05, 3.63) is 12.2 Å². The van der Waals surface area contributed by atoms with E-state index in [1.54, 1.807) is 6.33 Å². The molecular weight excluding hydrogens is 236 g/mol. The Kier molecular flexibility index (Phi) is 4.97. The molecule has 108 valence electrons. The van der Waals surface area contributed by atoms with E-state index in [1.165, 1.54) is 32.1 Å². The van der Waals surface area contributed by atoms with E-state index in [0.717, 1.165) is 37.5 Å². The molecule has 2 unspecified atom stereocenters. The highest BCUT2D eigenvalue weighted by Crippen LogP contribution is 2.32. The van der Waals surface area contributed by atoms with Crippen molar-refractivity contribution in [2.75, 3.05) is 0 Å². The van der Waals surface area contributed by atoms with E-state index in [4.69, 9.17) is 5.73 Å². The number of aryl methyl sites for hydroxylation is 1. The topological polar surface area (TPSA) is 56.7 Å². The summed E-state index contributed by atoms with van der Waals surface area (Å²) in [5.74, 6) is 1.94. The molecule has 1 aliphatic rings. The van der Waals surface area contributed by atoms with Crippen LogP contribution in [-0.2, 0) is 13.0 Å². The predicted molar refractivity (Wildman–Crippen MR) is 77.8 cm³/mol. The van der Waals surface area contributed by atoms with Crippen molar-refractivity contribution in [1.82, 2.24) is 14.8 Å². The Bertz CT molecular complexity index is 387. The molecule has 19 heavy (non-hydrogen) atoms. The predicted octanol–water partition coefficient (Wildman–Crippen LogP) is 2.92. The van der Waals surface area contributed by atoms with Gasteiger partial charge in [-0.15, -0.1) is 0 Å². The van der Waals surface area contributed by atoms with Crippen molar-refractivity contribution in [2.24, 2.45) is 11.7 Å². The smallest absolute Gasteiger partial charge is 0.138 e. The van der Waals surface area contributed by atoms with Gasteiger partial charge in [0.1, 0.15) is 12.2 Å². The fourth-order valence-electron chi connectivity index (χ4n) is 3.38. The molecule has 0 spiro atoms. The summed E-state index contributed by atoms with van der Waals surface area (Å²) in [6.07, 6.45) is 11.4. The van der Waals surface area contributed by atoms with E-state index in [1.807, 2.05) is 4.68 Å². The lowest BCUT2D eigenvalue weighted by atomic mass is 9.86. The largest absolute Gasteiger partial charge is 0.325 e. The normalized spacial score (nSPS) is 28.3. The highest BCUT2D eigenvalue weighted by Gasteiger charge is 2.30. The summed E-state index contributed by atoms with van der Waals surface area (Å²) >= 11 is 0. The monoisotopic (exact) mass is 264 g/mol. The Morgan fingerprint density at radius 1 is 1.37 bits per heavy atom. The molecule has 0 aromatic carbocycles. The second-order valence-corrected chi connectivity index (χ2v) is 6.12. The van der Waals surface area contributed by atoms with Crippen LogP contribution in [0.2, 0.25) is 0 Å². The van der Waals surface area contributed by atoms with Gasteiger partial charge in [0.25, 0.3) is 0 Å². The minimum absolute atomic E-state index is 0.0670. The molecule has 2 N–H and O–H groups in total. The van der Waals surface area contributed by atoms with Crippen LogP contribution in [-0.4, -0.2) is 20.3 Å². The first kappa shape index (κ1) is 14.5. The summed E-state index contributed by atoms with van der Waals surface area (Å²) in [7, 11) is 0. The molecule has 0 bridgehead atoms. The number of hydrogen-bond acceptors (Lipinski definition) is 3. The molecule has 0 radical (unpaired) electrons. The minimum Gasteiger partial charge on any atom is -0.325 e. The van der Waals surface area contributed by atoms with E-state index in [0.29, 0.717) is 0 Å². The maximum absolute atomic E-state index is 6.65. The summed E-state index contributed by atoms with van der Waals surface area (Å²) in [6, 6.07) is 0. The highest BCUT2D eigenvalue weighted by molar-refractivity contribution is 4.98. The van der Waals surface area contributed by atoms with Gasteiger partial charge in [0.15, 0.2) is 0 Å². The van der Waals surface area contributed by atoms with Gasteiger partial charge in [-0.05, 0) is 32.1 Å². The summed E-state index contributed by atoms with van der Waals surface area (Å²) in [5.41, 5.74) is 6.58. The Morgan fingerprint density at radius 3 is 2.95 bits per heavy atom. The van der Waals surface area contributed by atoms with Crippen LogP contribution in [0.3, 0.4) is 0 Å². The maximum atomic E-state index is 6.65. The van der Waals surface area contributed by atoms with Gasteiger partial charge >= 0.3 is 0 Å². The zero-order valence-corrected chi connectivity index (χ0v) is 12.4. The van der Waals surface area contributed by atoms with Crippen molar-refractivity contribution < 1.29 is 0 Å². The van der Waals surface area contributed by atoms with Gasteiger partial charge in [-0.2, -0.15) is 5.10 Å². The fourth-order valence-corrected chi connectivity index (χ4v) is 3.38. The van der Waals surface area contributed by atoms with Crippen LogP contribution in [0.25, 0.3) is 0 Å². The van der Waals surface area contributed by atoms with Gasteiger partial charge in [-0.25, -0.2) is 4.98 Å². The zero-order chi connectivity index (χ0) is 13.7. The highest BCUT2D eigenvalue weighted by atomic mass is 15.3. The molecule has 0 aliphatic heterocycles. The van der Waals surface area contributed by atoms with Crippen molar-refractivity contribution >= 4 is 0 Å². The van der Waals surface area contributed by atoms with Crippen LogP contribution in [0.1, 0.15) is 64.6 Å². The Hall–Kier alpha value is -0.900. The van der Waals surface area contributed by atoms with Gasteiger partial charge in [-0.1, -0.05) is 32.6 Å². The number of nitrogens with two attached hydrogens (primary N) is 1. The van der Waals surface area contributed by atoms with Crippen LogP contribution >= 0.6 is 0 Å². The third-order valence-corrected chi connectivity index (χ3v) is 4.54. The number of aromatic nitrogens is 3. The molecule has 0 saturated heterocycles. The molecular formula is C15H28N4. The average molecular weight is 264 g/mol. The van der Waals surface area contributed by atoms with Gasteiger partial charge in [0, 0.05) is 18.5 Å². The second kappa shape index (κ2) is 6.51. The SMILES string of the molecule is CCCC1CCCC(N)(Cc2ncnn2CC)CC1. The molecule has 4 nitrogen and oxygen atoms in total. The van der Waals surface area contributed by atoms with Crippen LogP contribution in [0.5, 0.6) is 0 Å². The zero-order valence-electron chi connectivity index (χ0n) is 12.4. The molecule has 2 rings (SSSR count). The lowest BCUT2D eigenvalue weighted by Crippen LogP contribution is -2.42. The first-order valence-corrected chi connectivity index (χ1v) is 7.82. The van der Waals surface area contributed by atoms with Crippen molar-refractivity contribution in [1.29, 1.82) is 0 Å². The van der Waals surface area contributed by atoms with Crippen LogP contribution < -0.4 is 5.73 Å². The van der Waals surface area contributed by atoms with Crippen LogP contribution in [0.4, 0.5) is 0 Å². The third kappa shape index (κ3) is 3.78. The van der Waals surface area contributed by atoms with Crippen LogP contribution in [0, 0.1) is 5.92 Å². The average Bonchev–Trinajstić information content (AvgIpc) is 2.74. The van der Waals surface area contributed by atoms with Gasteiger partial charge in [0.05, 0.1) is 0 Å². The first-order chi connectivity index (χ1) is 9.17. The fraction of sp³-hybridized carbons (Fsp3) is 0.867. The number of hydrogen-bond donors (Lipinski definition) is 1. The molecule has 1 saturated carbocycles. The van der Waals surface area contributed by atoms with Gasteiger partial charge < -0.3 is 5.73 Å². The summed E-state index contributed by atoms with van der Waals surface area (Å²) in [4.78, 5) is 4.38.